The lowest BCUT2D eigenvalue weighted by molar-refractivity contribution is 0.00446. The third-order valence-corrected chi connectivity index (χ3v) is 3.14. The molecular formula is C9H17Cl2NO2. The molecule has 1 rings (SSSR count). The van der Waals surface area contributed by atoms with Crippen molar-refractivity contribution in [1.29, 1.82) is 0 Å². The van der Waals surface area contributed by atoms with Gasteiger partial charge < -0.3 is 9.64 Å². The monoisotopic (exact) mass is 241 g/mol. The largest absolute Gasteiger partial charge is 0.450 e. The summed E-state index contributed by atoms with van der Waals surface area (Å²) in [5, 5.41) is 0. The second-order valence-electron chi connectivity index (χ2n) is 3.76. The van der Waals surface area contributed by atoms with Gasteiger partial charge in [0.15, 0.2) is 0 Å². The van der Waals surface area contributed by atoms with Crippen molar-refractivity contribution in [2.75, 3.05) is 13.6 Å². The Labute approximate surface area is 96.1 Å². The quantitative estimate of drug-likeness (QED) is 0.661. The Kier molecular flexibility index (Phi) is 5.79. The van der Waals surface area contributed by atoms with Gasteiger partial charge >= 0.3 is 5.43 Å². The van der Waals surface area contributed by atoms with Crippen molar-refractivity contribution in [3.63, 3.8) is 0 Å². The highest BCUT2D eigenvalue weighted by Gasteiger charge is 2.32. The molecule has 1 saturated heterocycles. The van der Waals surface area contributed by atoms with Crippen LogP contribution in [0.5, 0.6) is 0 Å². The molecule has 0 saturated carbocycles. The molecule has 3 unspecified atom stereocenters. The van der Waals surface area contributed by atoms with Gasteiger partial charge in [-0.25, -0.2) is 4.79 Å². The van der Waals surface area contributed by atoms with E-state index < -0.39 is 5.43 Å². The lowest BCUT2D eigenvalue weighted by atomic mass is 9.89. The van der Waals surface area contributed by atoms with E-state index in [2.05, 4.69) is 25.8 Å². The van der Waals surface area contributed by atoms with Crippen molar-refractivity contribution in [3.8, 4) is 0 Å². The molecule has 0 radical (unpaired) electrons. The van der Waals surface area contributed by atoms with Gasteiger partial charge in [-0.2, -0.15) is 0 Å². The van der Waals surface area contributed by atoms with Crippen LogP contribution in [0.4, 0.5) is 4.79 Å². The normalized spacial score (nSPS) is 33.3. The molecule has 3 atom stereocenters. The van der Waals surface area contributed by atoms with Gasteiger partial charge in [0, 0.05) is 30.1 Å². The number of rotatable bonds is 1. The molecule has 14 heavy (non-hydrogen) atoms. The highest BCUT2D eigenvalue weighted by molar-refractivity contribution is 6.61. The number of likely N-dealkylation sites (tertiary alicyclic amines) is 1. The highest BCUT2D eigenvalue weighted by Crippen LogP contribution is 2.25. The van der Waals surface area contributed by atoms with Gasteiger partial charge in [-0.1, -0.05) is 6.92 Å². The summed E-state index contributed by atoms with van der Waals surface area (Å²) in [4.78, 5) is 12.8. The van der Waals surface area contributed by atoms with Crippen LogP contribution in [0.1, 0.15) is 20.3 Å². The average Bonchev–Trinajstić information content (AvgIpc) is 2.06. The summed E-state index contributed by atoms with van der Waals surface area (Å²) in [7, 11) is 2.08. The van der Waals surface area contributed by atoms with Crippen LogP contribution in [-0.4, -0.2) is 36.1 Å². The molecule has 1 aliphatic heterocycles. The maximum atomic E-state index is 10.6. The topological polar surface area (TPSA) is 29.5 Å². The number of carbonyl (C=O) groups excluding carboxylic acids is 1. The highest BCUT2D eigenvalue weighted by atomic mass is 35.5. The van der Waals surface area contributed by atoms with Crippen LogP contribution < -0.4 is 0 Å². The third-order valence-electron chi connectivity index (χ3n) is 3.05. The molecule has 0 aliphatic carbocycles. The molecule has 0 aromatic heterocycles. The first-order chi connectivity index (χ1) is 6.02. The number of ether oxygens (including phenoxy) is 1. The molecule has 0 aromatic carbocycles. The van der Waals surface area contributed by atoms with Crippen LogP contribution in [0.3, 0.4) is 0 Å². The molecule has 0 bridgehead atoms. The molecular weight excluding hydrogens is 225 g/mol. The maximum absolute atomic E-state index is 10.6. The number of nitrogens with zero attached hydrogens (tertiary/aromatic N) is 1. The number of hydrogen-bond donors (Lipinski definition) is 0. The molecule has 0 spiro atoms. The van der Waals surface area contributed by atoms with E-state index in [9.17, 15) is 4.79 Å². The van der Waals surface area contributed by atoms with Crippen molar-refractivity contribution < 1.29 is 9.53 Å². The summed E-state index contributed by atoms with van der Waals surface area (Å²) in [6.45, 7) is 5.18. The number of piperidine rings is 1. The summed E-state index contributed by atoms with van der Waals surface area (Å²) in [6, 6.07) is 0.440. The van der Waals surface area contributed by atoms with Crippen LogP contribution in [-0.2, 0) is 4.74 Å². The van der Waals surface area contributed by atoms with Crippen molar-refractivity contribution in [2.45, 2.75) is 32.4 Å². The summed E-state index contributed by atoms with van der Waals surface area (Å²) in [5.74, 6) is 0.349. The molecule has 0 aromatic rings. The fraction of sp³-hybridized carbons (Fsp3) is 0.889. The Hall–Kier alpha value is 0.01000. The van der Waals surface area contributed by atoms with Gasteiger partial charge in [-0.05, 0) is 20.4 Å². The minimum atomic E-state index is -0.686. The van der Waals surface area contributed by atoms with E-state index in [0.717, 1.165) is 13.0 Å². The van der Waals surface area contributed by atoms with Gasteiger partial charge in [0.05, 0.1) is 0 Å². The Morgan fingerprint density at radius 1 is 1.50 bits per heavy atom. The summed E-state index contributed by atoms with van der Waals surface area (Å²) < 4.78 is 5.02. The summed E-state index contributed by atoms with van der Waals surface area (Å²) >= 11 is 5.19. The van der Waals surface area contributed by atoms with Crippen LogP contribution in [0.2, 0.25) is 0 Å². The molecule has 1 aliphatic rings. The van der Waals surface area contributed by atoms with E-state index in [1.54, 1.807) is 0 Å². The molecule has 5 heteroatoms. The Bertz CT molecular complexity index is 201. The van der Waals surface area contributed by atoms with Crippen LogP contribution in [0.15, 0.2) is 0 Å². The second-order valence-corrected chi connectivity index (χ2v) is 4.07. The van der Waals surface area contributed by atoms with E-state index >= 15 is 0 Å². The molecule has 3 nitrogen and oxygen atoms in total. The zero-order valence-electron chi connectivity index (χ0n) is 8.70. The fourth-order valence-electron chi connectivity index (χ4n) is 1.79. The zero-order chi connectivity index (χ0) is 10.0. The number of halogens is 2. The van der Waals surface area contributed by atoms with E-state index in [1.165, 1.54) is 0 Å². The molecule has 84 valence electrons. The van der Waals surface area contributed by atoms with E-state index in [4.69, 9.17) is 16.3 Å². The summed E-state index contributed by atoms with van der Waals surface area (Å²) in [5.41, 5.74) is -0.686. The average molecular weight is 242 g/mol. The molecule has 1 heterocycles. The molecule has 1 fully saturated rings. The first-order valence-electron chi connectivity index (χ1n) is 4.58. The fourth-order valence-corrected chi connectivity index (χ4v) is 1.91. The predicted octanol–water partition coefficient (Wildman–Crippen LogP) is 2.51. The van der Waals surface area contributed by atoms with E-state index in [-0.39, 0.29) is 18.5 Å². The maximum Gasteiger partial charge on any atom is 0.404 e. The lowest BCUT2D eigenvalue weighted by Crippen LogP contribution is -2.47. The van der Waals surface area contributed by atoms with Crippen molar-refractivity contribution in [1.82, 2.24) is 4.90 Å². The molecule has 0 amide bonds. The zero-order valence-corrected chi connectivity index (χ0v) is 10.3. The SMILES string of the molecule is CC1C(OC(=O)Cl)CCN(C)C1C.Cl. The Morgan fingerprint density at radius 2 is 2.07 bits per heavy atom. The van der Waals surface area contributed by atoms with Crippen LogP contribution >= 0.6 is 24.0 Å². The van der Waals surface area contributed by atoms with Crippen LogP contribution in [0, 0.1) is 5.92 Å². The van der Waals surface area contributed by atoms with Crippen molar-refractivity contribution in [3.05, 3.63) is 0 Å². The summed E-state index contributed by atoms with van der Waals surface area (Å²) in [6.07, 6.45) is 0.858. The van der Waals surface area contributed by atoms with E-state index in [0.29, 0.717) is 12.0 Å². The van der Waals surface area contributed by atoms with Crippen LogP contribution in [0.25, 0.3) is 0 Å². The number of carbonyl (C=O) groups is 1. The van der Waals surface area contributed by atoms with Gasteiger partial charge in [0.2, 0.25) is 0 Å². The number of hydrogen-bond acceptors (Lipinski definition) is 3. The minimum Gasteiger partial charge on any atom is -0.450 e. The smallest absolute Gasteiger partial charge is 0.404 e. The van der Waals surface area contributed by atoms with Crippen molar-refractivity contribution in [2.24, 2.45) is 5.92 Å². The standard InChI is InChI=1S/C9H16ClNO2.ClH/c1-6-7(2)11(3)5-4-8(6)13-9(10)12;/h6-8H,4-5H2,1-3H3;1H. The van der Waals surface area contributed by atoms with Gasteiger partial charge in [0.1, 0.15) is 6.10 Å². The van der Waals surface area contributed by atoms with Gasteiger partial charge in [0.25, 0.3) is 0 Å². The lowest BCUT2D eigenvalue weighted by Gasteiger charge is -2.39. The van der Waals surface area contributed by atoms with Gasteiger partial charge in [-0.15, -0.1) is 12.4 Å². The minimum absolute atomic E-state index is 0. The van der Waals surface area contributed by atoms with Gasteiger partial charge in [-0.3, -0.25) is 0 Å². The molecule has 0 N–H and O–H groups in total. The Balaban J connectivity index is 0.00000169. The first kappa shape index (κ1) is 14.0. The predicted molar refractivity (Wildman–Crippen MR) is 59.2 cm³/mol. The second kappa shape index (κ2) is 5.79. The van der Waals surface area contributed by atoms with Crippen molar-refractivity contribution >= 4 is 29.4 Å². The first-order valence-corrected chi connectivity index (χ1v) is 4.96. The van der Waals surface area contributed by atoms with E-state index in [1.807, 2.05) is 0 Å². The Morgan fingerprint density at radius 3 is 2.57 bits per heavy atom. The third kappa shape index (κ3) is 3.30.